The first-order valence-electron chi connectivity index (χ1n) is 9.33. The van der Waals surface area contributed by atoms with E-state index in [2.05, 4.69) is 0 Å². The zero-order valence-electron chi connectivity index (χ0n) is 16.2. The van der Waals surface area contributed by atoms with Gasteiger partial charge in [-0.3, -0.25) is 9.36 Å². The molecule has 30 heavy (non-hydrogen) atoms. The van der Waals surface area contributed by atoms with Gasteiger partial charge in [-0.2, -0.15) is 0 Å². The molecule has 0 unspecified atom stereocenters. The Kier molecular flexibility index (Phi) is 6.26. The van der Waals surface area contributed by atoms with Crippen LogP contribution >= 0.6 is 23.4 Å². The minimum Gasteiger partial charge on any atom is -0.497 e. The van der Waals surface area contributed by atoms with E-state index in [-0.39, 0.29) is 5.56 Å². The minimum absolute atomic E-state index is 0.118. The maximum absolute atomic E-state index is 13.3. The Morgan fingerprint density at radius 1 is 1.00 bits per heavy atom. The number of nitrogens with zero attached hydrogens (tertiary/aromatic N) is 2. The Labute approximate surface area is 183 Å². The van der Waals surface area contributed by atoms with Crippen LogP contribution in [0, 0.1) is 0 Å². The van der Waals surface area contributed by atoms with Gasteiger partial charge in [0.1, 0.15) is 11.5 Å². The predicted molar refractivity (Wildman–Crippen MR) is 122 cm³/mol. The molecule has 4 rings (SSSR count). The SMILES string of the molecule is COc1cccc(-n2c(SCCOc3cccc(Cl)c3)nc3ccccc3c2=O)c1. The van der Waals surface area contributed by atoms with Gasteiger partial charge in [0.15, 0.2) is 5.16 Å². The molecule has 3 aromatic carbocycles. The van der Waals surface area contributed by atoms with Crippen LogP contribution in [-0.4, -0.2) is 29.0 Å². The van der Waals surface area contributed by atoms with Crippen molar-refractivity contribution in [2.75, 3.05) is 19.5 Å². The van der Waals surface area contributed by atoms with Crippen molar-refractivity contribution in [2.45, 2.75) is 5.16 Å². The van der Waals surface area contributed by atoms with E-state index >= 15 is 0 Å². The second-order valence-corrected chi connectivity index (χ2v) is 7.91. The summed E-state index contributed by atoms with van der Waals surface area (Å²) in [5, 5.41) is 1.80. The van der Waals surface area contributed by atoms with E-state index in [1.807, 2.05) is 54.6 Å². The van der Waals surface area contributed by atoms with Gasteiger partial charge in [-0.25, -0.2) is 4.98 Å². The lowest BCUT2D eigenvalue weighted by Gasteiger charge is -2.14. The molecule has 0 aliphatic rings. The van der Waals surface area contributed by atoms with Crippen molar-refractivity contribution in [3.63, 3.8) is 0 Å². The number of para-hydroxylation sites is 1. The van der Waals surface area contributed by atoms with Gasteiger partial charge in [0.2, 0.25) is 0 Å². The monoisotopic (exact) mass is 438 g/mol. The summed E-state index contributed by atoms with van der Waals surface area (Å²) in [6.45, 7) is 0.450. The number of aromatic nitrogens is 2. The lowest BCUT2D eigenvalue weighted by molar-refractivity contribution is 0.344. The number of methoxy groups -OCH3 is 1. The van der Waals surface area contributed by atoms with Crippen LogP contribution in [0.5, 0.6) is 11.5 Å². The molecular weight excluding hydrogens is 420 g/mol. The topological polar surface area (TPSA) is 53.4 Å². The molecule has 0 radical (unpaired) electrons. The van der Waals surface area contributed by atoms with Gasteiger partial charge in [-0.05, 0) is 42.5 Å². The van der Waals surface area contributed by atoms with E-state index in [0.717, 1.165) is 0 Å². The third-order valence-corrected chi connectivity index (χ3v) is 5.57. The lowest BCUT2D eigenvalue weighted by Crippen LogP contribution is -2.22. The smallest absolute Gasteiger partial charge is 0.266 e. The Hall–Kier alpha value is -2.96. The second-order valence-electron chi connectivity index (χ2n) is 6.41. The predicted octanol–water partition coefficient (Wildman–Crippen LogP) is 5.22. The molecule has 1 aromatic heterocycles. The number of benzene rings is 3. The highest BCUT2D eigenvalue weighted by molar-refractivity contribution is 7.99. The van der Waals surface area contributed by atoms with Crippen molar-refractivity contribution in [1.82, 2.24) is 9.55 Å². The Bertz CT molecular complexity index is 1240. The van der Waals surface area contributed by atoms with Gasteiger partial charge in [-0.1, -0.05) is 47.6 Å². The van der Waals surface area contributed by atoms with Crippen LogP contribution in [0.25, 0.3) is 16.6 Å². The Morgan fingerprint density at radius 2 is 1.80 bits per heavy atom. The number of fused-ring (bicyclic) bond motifs is 1. The van der Waals surface area contributed by atoms with Crippen molar-refractivity contribution in [3.05, 3.63) is 88.2 Å². The van der Waals surface area contributed by atoms with Crippen LogP contribution in [0.3, 0.4) is 0 Å². The molecule has 4 aromatic rings. The van der Waals surface area contributed by atoms with Crippen LogP contribution < -0.4 is 15.0 Å². The third kappa shape index (κ3) is 4.45. The van der Waals surface area contributed by atoms with E-state index in [1.165, 1.54) is 11.8 Å². The first kappa shape index (κ1) is 20.3. The fourth-order valence-electron chi connectivity index (χ4n) is 3.04. The zero-order valence-corrected chi connectivity index (χ0v) is 17.8. The van der Waals surface area contributed by atoms with Crippen molar-refractivity contribution in [1.29, 1.82) is 0 Å². The van der Waals surface area contributed by atoms with Gasteiger partial charge >= 0.3 is 0 Å². The Morgan fingerprint density at radius 3 is 2.63 bits per heavy atom. The maximum Gasteiger partial charge on any atom is 0.266 e. The second kappa shape index (κ2) is 9.24. The number of rotatable bonds is 7. The van der Waals surface area contributed by atoms with Crippen LogP contribution in [-0.2, 0) is 0 Å². The average molecular weight is 439 g/mol. The molecule has 5 nitrogen and oxygen atoms in total. The van der Waals surface area contributed by atoms with Crippen LogP contribution in [0.2, 0.25) is 5.02 Å². The molecule has 152 valence electrons. The molecule has 1 heterocycles. The molecule has 0 bridgehead atoms. The molecular formula is C23H19ClN2O3S. The van der Waals surface area contributed by atoms with Gasteiger partial charge < -0.3 is 9.47 Å². The molecule has 0 aliphatic carbocycles. The largest absolute Gasteiger partial charge is 0.497 e. The zero-order chi connectivity index (χ0) is 20.9. The van der Waals surface area contributed by atoms with E-state index in [4.69, 9.17) is 26.1 Å². The summed E-state index contributed by atoms with van der Waals surface area (Å²) < 4.78 is 12.7. The lowest BCUT2D eigenvalue weighted by atomic mass is 10.2. The first-order chi connectivity index (χ1) is 14.7. The number of hydrogen-bond acceptors (Lipinski definition) is 5. The summed E-state index contributed by atoms with van der Waals surface area (Å²) >= 11 is 7.46. The van der Waals surface area contributed by atoms with Gasteiger partial charge in [0, 0.05) is 16.8 Å². The summed E-state index contributed by atoms with van der Waals surface area (Å²) in [4.78, 5) is 18.0. The summed E-state index contributed by atoms with van der Waals surface area (Å²) in [5.74, 6) is 1.99. The molecule has 0 saturated heterocycles. The van der Waals surface area contributed by atoms with Crippen molar-refractivity contribution in [2.24, 2.45) is 0 Å². The standard InChI is InChI=1S/C23H19ClN2O3S/c1-28-18-8-5-7-17(15-18)26-22(27)20-10-2-3-11-21(20)25-23(26)30-13-12-29-19-9-4-6-16(24)14-19/h2-11,14-15H,12-13H2,1H3. The van der Waals surface area contributed by atoms with Crippen molar-refractivity contribution >= 4 is 34.3 Å². The van der Waals surface area contributed by atoms with Gasteiger partial charge in [0.05, 0.1) is 30.3 Å². The molecule has 0 spiro atoms. The third-order valence-electron chi connectivity index (χ3n) is 4.44. The number of halogens is 1. The fourth-order valence-corrected chi connectivity index (χ4v) is 4.05. The fraction of sp³-hybridized carbons (Fsp3) is 0.130. The number of thioether (sulfide) groups is 1. The van der Waals surface area contributed by atoms with Crippen molar-refractivity contribution in [3.8, 4) is 17.2 Å². The summed E-state index contributed by atoms with van der Waals surface area (Å²) in [5.41, 5.74) is 1.25. The van der Waals surface area contributed by atoms with E-state index in [9.17, 15) is 4.79 Å². The van der Waals surface area contributed by atoms with E-state index in [0.29, 0.717) is 50.6 Å². The number of hydrogen-bond donors (Lipinski definition) is 0. The first-order valence-corrected chi connectivity index (χ1v) is 10.7. The van der Waals surface area contributed by atoms with E-state index < -0.39 is 0 Å². The van der Waals surface area contributed by atoms with Crippen molar-refractivity contribution < 1.29 is 9.47 Å². The summed E-state index contributed by atoms with van der Waals surface area (Å²) in [6.07, 6.45) is 0. The normalized spacial score (nSPS) is 10.9. The quantitative estimate of drug-likeness (QED) is 0.225. The Balaban J connectivity index is 1.64. The highest BCUT2D eigenvalue weighted by atomic mass is 35.5. The minimum atomic E-state index is -0.118. The molecule has 0 fully saturated rings. The molecule has 0 saturated carbocycles. The van der Waals surface area contributed by atoms with Crippen LogP contribution in [0.1, 0.15) is 0 Å². The molecule has 0 N–H and O–H groups in total. The molecule has 0 aliphatic heterocycles. The highest BCUT2D eigenvalue weighted by Crippen LogP contribution is 2.24. The van der Waals surface area contributed by atoms with Crippen LogP contribution in [0.4, 0.5) is 0 Å². The summed E-state index contributed by atoms with van der Waals surface area (Å²) in [7, 11) is 1.60. The molecule has 0 amide bonds. The van der Waals surface area contributed by atoms with Gasteiger partial charge in [0.25, 0.3) is 5.56 Å². The van der Waals surface area contributed by atoms with E-state index in [1.54, 1.807) is 29.9 Å². The maximum atomic E-state index is 13.3. The number of ether oxygens (including phenoxy) is 2. The molecule has 7 heteroatoms. The molecule has 0 atom stereocenters. The van der Waals surface area contributed by atoms with Crippen LogP contribution in [0.15, 0.2) is 82.7 Å². The summed E-state index contributed by atoms with van der Waals surface area (Å²) in [6, 6.07) is 22.0. The highest BCUT2D eigenvalue weighted by Gasteiger charge is 2.14. The average Bonchev–Trinajstić information content (AvgIpc) is 2.77. The van der Waals surface area contributed by atoms with Gasteiger partial charge in [-0.15, -0.1) is 0 Å².